The quantitative estimate of drug-likeness (QED) is 0.351. The minimum absolute atomic E-state index is 0.0815. The number of hydrogen-bond acceptors (Lipinski definition) is 5. The second-order valence-corrected chi connectivity index (χ2v) is 10.4. The Morgan fingerprint density at radius 2 is 1.76 bits per heavy atom. The molecule has 0 atom stereocenters. The molecule has 2 aromatic heterocycles. The van der Waals surface area contributed by atoms with Crippen molar-refractivity contribution in [3.05, 3.63) is 59.8 Å². The van der Waals surface area contributed by atoms with Crippen molar-refractivity contribution in [2.45, 2.75) is 47.1 Å². The second kappa shape index (κ2) is 9.76. The molecule has 8 heteroatoms. The number of pyridine rings is 1. The van der Waals surface area contributed by atoms with Gasteiger partial charge in [-0.2, -0.15) is 0 Å². The van der Waals surface area contributed by atoms with Crippen LogP contribution in [-0.2, 0) is 16.1 Å². The molecule has 4 aromatic rings. The lowest BCUT2D eigenvalue weighted by molar-refractivity contribution is -0.124. The molecule has 2 aromatic carbocycles. The summed E-state index contributed by atoms with van der Waals surface area (Å²) in [5.74, 6) is 1.04. The number of carbonyl (C=O) groups excluding carboxylic acids is 2. The van der Waals surface area contributed by atoms with Crippen LogP contribution in [0.15, 0.2) is 48.5 Å². The highest BCUT2D eigenvalue weighted by Gasteiger charge is 2.26. The van der Waals surface area contributed by atoms with Crippen LogP contribution < -0.4 is 20.1 Å². The summed E-state index contributed by atoms with van der Waals surface area (Å²) in [6.07, 6.45) is 0.454. The highest BCUT2D eigenvalue weighted by Crippen LogP contribution is 2.35. The van der Waals surface area contributed by atoms with Crippen LogP contribution in [0.3, 0.4) is 0 Å². The Morgan fingerprint density at radius 1 is 1.00 bits per heavy atom. The van der Waals surface area contributed by atoms with Crippen molar-refractivity contribution in [2.24, 2.45) is 5.41 Å². The lowest BCUT2D eigenvalue weighted by Crippen LogP contribution is -2.33. The number of ether oxygens (including phenoxy) is 2. The van der Waals surface area contributed by atoms with Gasteiger partial charge >= 0.3 is 0 Å². The Hall–Kier alpha value is -4.07. The first-order chi connectivity index (χ1) is 17.7. The molecule has 192 valence electrons. The topological polar surface area (TPSA) is 94.5 Å². The first kappa shape index (κ1) is 24.6. The van der Waals surface area contributed by atoms with Gasteiger partial charge < -0.3 is 24.7 Å². The molecular weight excluding hydrogens is 468 g/mol. The Balaban J connectivity index is 1.19. The second-order valence-electron chi connectivity index (χ2n) is 10.4. The van der Waals surface area contributed by atoms with Gasteiger partial charge in [0, 0.05) is 54.2 Å². The zero-order valence-electron chi connectivity index (χ0n) is 21.7. The lowest BCUT2D eigenvalue weighted by atomic mass is 9.85. The molecule has 0 bridgehead atoms. The first-order valence-electron chi connectivity index (χ1n) is 12.5. The van der Waals surface area contributed by atoms with E-state index in [2.05, 4.69) is 40.3 Å². The fourth-order valence-corrected chi connectivity index (χ4v) is 5.09. The van der Waals surface area contributed by atoms with Crippen LogP contribution in [-0.4, -0.2) is 34.7 Å². The maximum absolute atomic E-state index is 12.8. The van der Waals surface area contributed by atoms with Crippen LogP contribution in [0.2, 0.25) is 0 Å². The number of nitrogens with one attached hydrogen (secondary N) is 2. The molecule has 0 saturated carbocycles. The Morgan fingerprint density at radius 3 is 2.59 bits per heavy atom. The van der Waals surface area contributed by atoms with Gasteiger partial charge in [0.2, 0.25) is 18.6 Å². The molecule has 8 nitrogen and oxygen atoms in total. The van der Waals surface area contributed by atoms with Crippen LogP contribution in [0.1, 0.15) is 37.9 Å². The van der Waals surface area contributed by atoms with Crippen molar-refractivity contribution in [2.75, 3.05) is 18.7 Å². The van der Waals surface area contributed by atoms with E-state index in [0.29, 0.717) is 30.3 Å². The normalized spacial score (nSPS) is 12.8. The molecule has 37 heavy (non-hydrogen) atoms. The number of nitrogens with zero attached hydrogens (tertiary/aromatic N) is 2. The van der Waals surface area contributed by atoms with Crippen molar-refractivity contribution < 1.29 is 19.1 Å². The number of para-hydroxylation sites is 1. The first-order valence-corrected chi connectivity index (χ1v) is 12.5. The molecule has 1 aliphatic heterocycles. The highest BCUT2D eigenvalue weighted by atomic mass is 16.7. The number of amides is 2. The maximum Gasteiger partial charge on any atom is 0.231 e. The summed E-state index contributed by atoms with van der Waals surface area (Å²) in [5, 5.41) is 8.25. The van der Waals surface area contributed by atoms with Gasteiger partial charge in [0.25, 0.3) is 0 Å². The predicted molar refractivity (Wildman–Crippen MR) is 144 cm³/mol. The number of benzene rings is 2. The summed E-state index contributed by atoms with van der Waals surface area (Å²) < 4.78 is 12.8. The van der Waals surface area contributed by atoms with E-state index in [1.54, 1.807) is 18.2 Å². The van der Waals surface area contributed by atoms with Gasteiger partial charge in [0.1, 0.15) is 5.65 Å². The molecule has 5 rings (SSSR count). The van der Waals surface area contributed by atoms with Crippen molar-refractivity contribution >= 4 is 39.4 Å². The van der Waals surface area contributed by atoms with Crippen molar-refractivity contribution in [1.29, 1.82) is 0 Å². The average molecular weight is 501 g/mol. The molecule has 0 saturated heterocycles. The molecule has 1 aliphatic rings. The third-order valence-electron chi connectivity index (χ3n) is 6.64. The van der Waals surface area contributed by atoms with E-state index in [0.717, 1.165) is 22.2 Å². The molecule has 0 fully saturated rings. The largest absolute Gasteiger partial charge is 0.454 e. The number of aromatic nitrogens is 2. The molecule has 0 aliphatic carbocycles. The molecule has 3 heterocycles. The summed E-state index contributed by atoms with van der Waals surface area (Å²) in [6, 6.07) is 15.7. The summed E-state index contributed by atoms with van der Waals surface area (Å²) in [6.45, 7) is 9.22. The van der Waals surface area contributed by atoms with Gasteiger partial charge in [-0.1, -0.05) is 32.0 Å². The third kappa shape index (κ3) is 5.23. The fourth-order valence-electron chi connectivity index (χ4n) is 5.09. The summed E-state index contributed by atoms with van der Waals surface area (Å²) in [5.41, 5.74) is 4.34. The average Bonchev–Trinajstić information content (AvgIpc) is 3.40. The van der Waals surface area contributed by atoms with Crippen LogP contribution in [0.25, 0.3) is 21.9 Å². The molecule has 0 unspecified atom stereocenters. The maximum atomic E-state index is 12.8. The minimum Gasteiger partial charge on any atom is -0.454 e. The van der Waals surface area contributed by atoms with Gasteiger partial charge in [0.05, 0.1) is 5.52 Å². The Labute approximate surface area is 216 Å². The van der Waals surface area contributed by atoms with Gasteiger partial charge in [-0.3, -0.25) is 9.59 Å². The molecule has 2 N–H and O–H groups in total. The number of aryl methyl sites for hydroxylation is 2. The number of carbonyl (C=O) groups is 2. The summed E-state index contributed by atoms with van der Waals surface area (Å²) in [7, 11) is 0. The number of rotatable bonds is 8. The van der Waals surface area contributed by atoms with E-state index in [4.69, 9.17) is 14.5 Å². The van der Waals surface area contributed by atoms with Crippen molar-refractivity contribution in [3.8, 4) is 11.5 Å². The van der Waals surface area contributed by atoms with Gasteiger partial charge in [-0.05, 0) is 49.1 Å². The number of fused-ring (bicyclic) bond motifs is 4. The van der Waals surface area contributed by atoms with E-state index >= 15 is 0 Å². The Bertz CT molecular complexity index is 1510. The van der Waals surface area contributed by atoms with E-state index in [9.17, 15) is 9.59 Å². The molecule has 0 radical (unpaired) electrons. The van der Waals surface area contributed by atoms with E-state index in [1.807, 2.05) is 32.9 Å². The number of anilines is 1. The van der Waals surface area contributed by atoms with Gasteiger partial charge in [-0.25, -0.2) is 4.98 Å². The van der Waals surface area contributed by atoms with E-state index < -0.39 is 5.41 Å². The third-order valence-corrected chi connectivity index (χ3v) is 6.64. The zero-order chi connectivity index (χ0) is 26.2. The molecular formula is C29H32N4O4. The zero-order valence-corrected chi connectivity index (χ0v) is 21.7. The monoisotopic (exact) mass is 500 g/mol. The Kier molecular flexibility index (Phi) is 6.50. The van der Waals surface area contributed by atoms with Crippen molar-refractivity contribution in [1.82, 2.24) is 14.9 Å². The van der Waals surface area contributed by atoms with Gasteiger partial charge in [0.15, 0.2) is 11.5 Å². The SMILES string of the molecule is Cc1cc(C)c2c3ccccc3n(CCNC(=O)CC(C)(C)CC(=O)Nc3ccc4c(c3)OCO4)c2n1. The van der Waals surface area contributed by atoms with E-state index in [-0.39, 0.29) is 31.4 Å². The smallest absolute Gasteiger partial charge is 0.231 e. The van der Waals surface area contributed by atoms with Crippen LogP contribution in [0.5, 0.6) is 11.5 Å². The minimum atomic E-state index is -0.507. The summed E-state index contributed by atoms with van der Waals surface area (Å²) in [4.78, 5) is 30.3. The van der Waals surface area contributed by atoms with Crippen LogP contribution >= 0.6 is 0 Å². The number of hydrogen-bond donors (Lipinski definition) is 2. The van der Waals surface area contributed by atoms with Gasteiger partial charge in [-0.15, -0.1) is 0 Å². The molecule has 0 spiro atoms. The van der Waals surface area contributed by atoms with Crippen LogP contribution in [0.4, 0.5) is 5.69 Å². The summed E-state index contributed by atoms with van der Waals surface area (Å²) >= 11 is 0. The highest BCUT2D eigenvalue weighted by molar-refractivity contribution is 6.08. The fraction of sp³-hybridized carbons (Fsp3) is 0.345. The van der Waals surface area contributed by atoms with Crippen LogP contribution in [0, 0.1) is 19.3 Å². The molecule has 2 amide bonds. The van der Waals surface area contributed by atoms with E-state index in [1.165, 1.54) is 10.9 Å². The van der Waals surface area contributed by atoms with Crippen molar-refractivity contribution in [3.63, 3.8) is 0 Å². The standard InChI is InChI=1S/C29H32N4O4/c1-18-13-19(2)31-28-27(18)21-7-5-6-8-22(21)33(28)12-11-30-25(34)15-29(3,4)16-26(35)32-20-9-10-23-24(14-20)37-17-36-23/h5-10,13-14H,11-12,15-17H2,1-4H3,(H,30,34)(H,32,35). The lowest BCUT2D eigenvalue weighted by Gasteiger charge is -2.23. The predicted octanol–water partition coefficient (Wildman–Crippen LogP) is 5.10.